The molecule has 4 rings (SSSR count). The Labute approximate surface area is 175 Å². The molecule has 1 saturated carbocycles. The molecule has 3 nitrogen and oxygen atoms in total. The standard InChI is InChI=1S/C23H23NO2S2/c25-22-21(28-23(27)24(22)19-9-5-2-6-10-19)15-17-11-13-20(14-12-17)26-16-18-7-3-1-4-8-18/h1,3-4,7-8,11-15,19H,2,5-6,9-10,16H2/b21-15-. The highest BCUT2D eigenvalue weighted by atomic mass is 32.2. The van der Waals surface area contributed by atoms with Crippen LogP contribution in [0.1, 0.15) is 43.2 Å². The van der Waals surface area contributed by atoms with Crippen molar-refractivity contribution in [2.45, 2.75) is 44.8 Å². The highest BCUT2D eigenvalue weighted by Crippen LogP contribution is 2.37. The average molecular weight is 410 g/mol. The van der Waals surface area contributed by atoms with Gasteiger partial charge >= 0.3 is 0 Å². The summed E-state index contributed by atoms with van der Waals surface area (Å²) >= 11 is 6.92. The van der Waals surface area contributed by atoms with E-state index in [1.807, 2.05) is 65.6 Å². The van der Waals surface area contributed by atoms with Gasteiger partial charge in [0, 0.05) is 6.04 Å². The normalized spacial score (nSPS) is 19.4. The monoisotopic (exact) mass is 409 g/mol. The van der Waals surface area contributed by atoms with Crippen molar-refractivity contribution < 1.29 is 9.53 Å². The number of rotatable bonds is 5. The van der Waals surface area contributed by atoms with Crippen LogP contribution in [0.25, 0.3) is 6.08 Å². The Kier molecular flexibility index (Phi) is 6.13. The number of benzene rings is 2. The van der Waals surface area contributed by atoms with Crippen LogP contribution in [-0.2, 0) is 11.4 Å². The molecule has 0 atom stereocenters. The second kappa shape index (κ2) is 8.93. The summed E-state index contributed by atoms with van der Waals surface area (Å²) in [7, 11) is 0. The Bertz CT molecular complexity index is 871. The van der Waals surface area contributed by atoms with E-state index in [2.05, 4.69) is 0 Å². The minimum atomic E-state index is 0.0614. The zero-order valence-corrected chi connectivity index (χ0v) is 17.3. The molecule has 1 aliphatic heterocycles. The van der Waals surface area contributed by atoms with Crippen LogP contribution < -0.4 is 4.74 Å². The van der Waals surface area contributed by atoms with Crippen molar-refractivity contribution >= 4 is 40.3 Å². The van der Waals surface area contributed by atoms with Crippen LogP contribution in [0.2, 0.25) is 0 Å². The molecule has 1 saturated heterocycles. The number of hydrogen-bond acceptors (Lipinski definition) is 4. The first-order chi connectivity index (χ1) is 13.7. The van der Waals surface area contributed by atoms with Crippen LogP contribution in [0.4, 0.5) is 0 Å². The summed E-state index contributed by atoms with van der Waals surface area (Å²) in [5, 5.41) is 0. The Morgan fingerprint density at radius 1 is 1.04 bits per heavy atom. The largest absolute Gasteiger partial charge is 0.489 e. The van der Waals surface area contributed by atoms with Crippen molar-refractivity contribution in [2.75, 3.05) is 0 Å². The third-order valence-electron chi connectivity index (χ3n) is 5.19. The van der Waals surface area contributed by atoms with E-state index in [4.69, 9.17) is 17.0 Å². The maximum atomic E-state index is 12.9. The molecule has 0 unspecified atom stereocenters. The first kappa shape index (κ1) is 19.2. The number of thioether (sulfide) groups is 1. The third kappa shape index (κ3) is 4.47. The van der Waals surface area contributed by atoms with Crippen LogP contribution in [0.15, 0.2) is 59.5 Å². The van der Waals surface area contributed by atoms with E-state index in [1.165, 1.54) is 31.0 Å². The van der Waals surface area contributed by atoms with Crippen LogP contribution in [0.3, 0.4) is 0 Å². The second-order valence-electron chi connectivity index (χ2n) is 7.19. The molecule has 2 aromatic carbocycles. The molecule has 144 valence electrons. The zero-order valence-electron chi connectivity index (χ0n) is 15.7. The Morgan fingerprint density at radius 3 is 2.46 bits per heavy atom. The molecule has 1 amide bonds. The molecule has 5 heteroatoms. The summed E-state index contributed by atoms with van der Waals surface area (Å²) in [6.07, 6.45) is 7.69. The predicted molar refractivity (Wildman–Crippen MR) is 119 cm³/mol. The summed E-state index contributed by atoms with van der Waals surface area (Å²) in [6, 6.07) is 18.2. The highest BCUT2D eigenvalue weighted by Gasteiger charge is 2.37. The fourth-order valence-electron chi connectivity index (χ4n) is 3.69. The molecule has 2 aromatic rings. The number of nitrogens with zero attached hydrogens (tertiary/aromatic N) is 1. The lowest BCUT2D eigenvalue weighted by molar-refractivity contribution is -0.124. The maximum absolute atomic E-state index is 12.9. The number of hydrogen-bond donors (Lipinski definition) is 0. The smallest absolute Gasteiger partial charge is 0.266 e. The van der Waals surface area contributed by atoms with Gasteiger partial charge in [0.2, 0.25) is 0 Å². The van der Waals surface area contributed by atoms with Gasteiger partial charge in [0.25, 0.3) is 5.91 Å². The van der Waals surface area contributed by atoms with E-state index in [9.17, 15) is 4.79 Å². The Balaban J connectivity index is 1.41. The van der Waals surface area contributed by atoms with E-state index in [0.29, 0.717) is 15.8 Å². The molecule has 1 heterocycles. The van der Waals surface area contributed by atoms with Crippen molar-refractivity contribution in [3.8, 4) is 5.75 Å². The fraction of sp³-hybridized carbons (Fsp3) is 0.304. The van der Waals surface area contributed by atoms with Crippen LogP contribution in [-0.4, -0.2) is 21.2 Å². The molecular weight excluding hydrogens is 386 g/mol. The summed E-state index contributed by atoms with van der Waals surface area (Å²) in [6.45, 7) is 0.542. The quantitative estimate of drug-likeness (QED) is 0.461. The number of amides is 1. The first-order valence-electron chi connectivity index (χ1n) is 9.74. The summed E-state index contributed by atoms with van der Waals surface area (Å²) in [5.41, 5.74) is 2.12. The number of thiocarbonyl (C=S) groups is 1. The molecule has 0 bridgehead atoms. The van der Waals surface area contributed by atoms with Crippen LogP contribution in [0, 0.1) is 0 Å². The number of carbonyl (C=O) groups is 1. The van der Waals surface area contributed by atoms with Crippen molar-refractivity contribution in [1.82, 2.24) is 4.90 Å². The van der Waals surface area contributed by atoms with Gasteiger partial charge in [0.15, 0.2) is 0 Å². The molecule has 0 N–H and O–H groups in total. The molecule has 28 heavy (non-hydrogen) atoms. The lowest BCUT2D eigenvalue weighted by Gasteiger charge is -2.29. The van der Waals surface area contributed by atoms with E-state index in [1.54, 1.807) is 0 Å². The van der Waals surface area contributed by atoms with Gasteiger partial charge in [-0.2, -0.15) is 0 Å². The second-order valence-corrected chi connectivity index (χ2v) is 8.86. The van der Waals surface area contributed by atoms with Crippen molar-refractivity contribution in [3.63, 3.8) is 0 Å². The lowest BCUT2D eigenvalue weighted by Crippen LogP contribution is -2.39. The van der Waals surface area contributed by atoms with Crippen LogP contribution in [0.5, 0.6) is 5.75 Å². The molecule has 2 fully saturated rings. The average Bonchev–Trinajstić information content (AvgIpc) is 3.02. The minimum absolute atomic E-state index is 0.0614. The lowest BCUT2D eigenvalue weighted by atomic mass is 9.94. The molecule has 1 aliphatic carbocycles. The first-order valence-corrected chi connectivity index (χ1v) is 11.0. The fourth-order valence-corrected chi connectivity index (χ4v) is 5.09. The van der Waals surface area contributed by atoms with Gasteiger partial charge in [-0.25, -0.2) is 0 Å². The minimum Gasteiger partial charge on any atom is -0.489 e. The van der Waals surface area contributed by atoms with Gasteiger partial charge in [-0.1, -0.05) is 85.7 Å². The van der Waals surface area contributed by atoms with Crippen molar-refractivity contribution in [1.29, 1.82) is 0 Å². The van der Waals surface area contributed by atoms with E-state index in [-0.39, 0.29) is 11.9 Å². The van der Waals surface area contributed by atoms with E-state index in [0.717, 1.165) is 29.7 Å². The maximum Gasteiger partial charge on any atom is 0.266 e. The number of ether oxygens (including phenoxy) is 1. The van der Waals surface area contributed by atoms with E-state index < -0.39 is 0 Å². The number of carbonyl (C=O) groups excluding carboxylic acids is 1. The topological polar surface area (TPSA) is 29.5 Å². The summed E-state index contributed by atoms with van der Waals surface area (Å²) in [4.78, 5) is 15.4. The highest BCUT2D eigenvalue weighted by molar-refractivity contribution is 8.26. The van der Waals surface area contributed by atoms with Gasteiger partial charge in [0.1, 0.15) is 16.7 Å². The zero-order chi connectivity index (χ0) is 19.3. The summed E-state index contributed by atoms with van der Waals surface area (Å²) < 4.78 is 6.53. The molecular formula is C23H23NO2S2. The van der Waals surface area contributed by atoms with Crippen molar-refractivity contribution in [3.05, 3.63) is 70.6 Å². The van der Waals surface area contributed by atoms with Crippen LogP contribution >= 0.6 is 24.0 Å². The molecule has 2 aliphatic rings. The van der Waals surface area contributed by atoms with E-state index >= 15 is 0 Å². The SMILES string of the molecule is O=C1/C(=C/c2ccc(OCc3ccccc3)cc2)SC(=S)N1C1CCCCC1. The predicted octanol–water partition coefficient (Wildman–Crippen LogP) is 5.80. The van der Waals surface area contributed by atoms with Gasteiger partial charge in [-0.15, -0.1) is 0 Å². The Hall–Kier alpha value is -2.11. The third-order valence-corrected chi connectivity index (χ3v) is 6.52. The summed E-state index contributed by atoms with van der Waals surface area (Å²) in [5.74, 6) is 0.877. The molecule has 0 spiro atoms. The van der Waals surface area contributed by atoms with Gasteiger partial charge in [0.05, 0.1) is 4.91 Å². The van der Waals surface area contributed by atoms with Gasteiger partial charge < -0.3 is 4.74 Å². The molecule has 0 aromatic heterocycles. The van der Waals surface area contributed by atoms with Gasteiger partial charge in [-0.05, 0) is 42.2 Å². The van der Waals surface area contributed by atoms with Crippen molar-refractivity contribution in [2.24, 2.45) is 0 Å². The Morgan fingerprint density at radius 2 is 1.75 bits per heavy atom. The molecule has 0 radical (unpaired) electrons. The van der Waals surface area contributed by atoms with Gasteiger partial charge in [-0.3, -0.25) is 9.69 Å².